The molecule has 0 saturated heterocycles. The summed E-state index contributed by atoms with van der Waals surface area (Å²) in [6.45, 7) is 0. The number of rotatable bonds is 4. The normalized spacial score (nSPS) is 11.8. The molecule has 0 atom stereocenters. The van der Waals surface area contributed by atoms with Crippen molar-refractivity contribution in [2.45, 2.75) is 0 Å². The standard InChI is InChI=1S/C42H25N5S/c1-2-10-26(11-3-1)40-43-24-29(25-44-40)47-38-17-9-8-16-35(38)36-21-18-27(23-39(36)47)41-45-42(48-46-41)28-19-20-34-32-14-5-4-12-30(32)31-13-6-7-15-33(31)37(34)22-28/h1-25H. The summed E-state index contributed by atoms with van der Waals surface area (Å²) >= 11 is 1.44. The van der Waals surface area contributed by atoms with Crippen molar-refractivity contribution in [1.82, 2.24) is 23.9 Å². The Bertz CT molecular complexity index is 2800. The molecule has 0 N–H and O–H groups in total. The van der Waals surface area contributed by atoms with Gasteiger partial charge in [0.1, 0.15) is 5.01 Å². The van der Waals surface area contributed by atoms with E-state index in [1.165, 1.54) is 49.2 Å². The van der Waals surface area contributed by atoms with Crippen LogP contribution >= 0.6 is 11.5 Å². The monoisotopic (exact) mass is 631 g/mol. The minimum absolute atomic E-state index is 0.704. The van der Waals surface area contributed by atoms with E-state index < -0.39 is 0 Å². The maximum absolute atomic E-state index is 5.08. The van der Waals surface area contributed by atoms with Gasteiger partial charge in [-0.1, -0.05) is 121 Å². The second kappa shape index (κ2) is 10.7. The van der Waals surface area contributed by atoms with Gasteiger partial charge >= 0.3 is 0 Å². The average Bonchev–Trinajstić information content (AvgIpc) is 3.79. The van der Waals surface area contributed by atoms with Crippen molar-refractivity contribution in [2.75, 3.05) is 0 Å². The topological polar surface area (TPSA) is 56.5 Å². The number of fused-ring (bicyclic) bond motifs is 9. The molecule has 10 aromatic rings. The molecular formula is C42H25N5S. The van der Waals surface area contributed by atoms with Crippen molar-refractivity contribution >= 4 is 65.7 Å². The van der Waals surface area contributed by atoms with Crippen LogP contribution < -0.4 is 0 Å². The lowest BCUT2D eigenvalue weighted by Crippen LogP contribution is -1.98. The van der Waals surface area contributed by atoms with Gasteiger partial charge in [0.25, 0.3) is 0 Å². The van der Waals surface area contributed by atoms with Crippen LogP contribution in [0.5, 0.6) is 0 Å². The predicted molar refractivity (Wildman–Crippen MR) is 199 cm³/mol. The zero-order chi connectivity index (χ0) is 31.6. The molecule has 3 heterocycles. The fraction of sp³-hybridized carbons (Fsp3) is 0. The molecule has 0 saturated carbocycles. The molecule has 0 aliphatic carbocycles. The van der Waals surface area contributed by atoms with E-state index in [0.29, 0.717) is 11.6 Å². The Morgan fingerprint density at radius 3 is 1.71 bits per heavy atom. The lowest BCUT2D eigenvalue weighted by atomic mass is 9.93. The summed E-state index contributed by atoms with van der Waals surface area (Å²) < 4.78 is 7.09. The highest BCUT2D eigenvalue weighted by atomic mass is 32.1. The quantitative estimate of drug-likeness (QED) is 0.181. The van der Waals surface area contributed by atoms with Crippen LogP contribution in [0.1, 0.15) is 0 Å². The minimum Gasteiger partial charge on any atom is -0.306 e. The summed E-state index contributed by atoms with van der Waals surface area (Å²) in [5.74, 6) is 1.42. The molecule has 0 amide bonds. The zero-order valence-corrected chi connectivity index (χ0v) is 26.4. The predicted octanol–water partition coefficient (Wildman–Crippen LogP) is 10.9. The minimum atomic E-state index is 0.704. The molecule has 3 aromatic heterocycles. The molecule has 0 bridgehead atoms. The van der Waals surface area contributed by atoms with Crippen LogP contribution in [-0.4, -0.2) is 23.9 Å². The Morgan fingerprint density at radius 1 is 0.417 bits per heavy atom. The summed E-state index contributed by atoms with van der Waals surface area (Å²) in [5.41, 5.74) is 6.09. The van der Waals surface area contributed by atoms with Crippen LogP contribution in [0.3, 0.4) is 0 Å². The average molecular weight is 632 g/mol. The molecule has 0 spiro atoms. The van der Waals surface area contributed by atoms with Gasteiger partial charge in [-0.3, -0.25) is 0 Å². The van der Waals surface area contributed by atoms with E-state index in [1.807, 2.05) is 42.7 Å². The Kier molecular flexibility index (Phi) is 5.98. The van der Waals surface area contributed by atoms with Crippen molar-refractivity contribution in [3.05, 3.63) is 152 Å². The molecule has 0 aliphatic heterocycles. The zero-order valence-electron chi connectivity index (χ0n) is 25.6. The molecule has 48 heavy (non-hydrogen) atoms. The highest BCUT2D eigenvalue weighted by Crippen LogP contribution is 2.39. The van der Waals surface area contributed by atoms with E-state index in [4.69, 9.17) is 19.3 Å². The van der Waals surface area contributed by atoms with Crippen LogP contribution in [0, 0.1) is 0 Å². The SMILES string of the molecule is c1ccc(-c2ncc(-n3c4ccccc4c4ccc(-c5nsc(-c6ccc7c8ccccc8c8ccccc8c7c6)n5)cc43)cn2)cc1. The summed E-state index contributed by atoms with van der Waals surface area (Å²) in [4.78, 5) is 14.6. The van der Waals surface area contributed by atoms with Gasteiger partial charge in [-0.25, -0.2) is 15.0 Å². The first kappa shape index (κ1) is 26.9. The second-order valence-electron chi connectivity index (χ2n) is 12.0. The third-order valence-electron chi connectivity index (χ3n) is 9.28. The van der Waals surface area contributed by atoms with E-state index in [0.717, 1.165) is 43.8 Å². The Balaban J connectivity index is 1.09. The lowest BCUT2D eigenvalue weighted by molar-refractivity contribution is 1.08. The second-order valence-corrected chi connectivity index (χ2v) is 12.7. The molecule has 5 nitrogen and oxygen atoms in total. The van der Waals surface area contributed by atoms with Crippen LogP contribution in [-0.2, 0) is 0 Å². The molecule has 10 rings (SSSR count). The molecule has 6 heteroatoms. The van der Waals surface area contributed by atoms with Gasteiger partial charge in [0.15, 0.2) is 11.6 Å². The Morgan fingerprint density at radius 2 is 0.979 bits per heavy atom. The third kappa shape index (κ3) is 4.16. The van der Waals surface area contributed by atoms with Gasteiger partial charge in [-0.05, 0) is 62.0 Å². The first-order valence-electron chi connectivity index (χ1n) is 15.9. The lowest BCUT2D eigenvalue weighted by Gasteiger charge is -2.11. The molecule has 0 radical (unpaired) electrons. The Hall–Kier alpha value is -6.24. The van der Waals surface area contributed by atoms with Gasteiger partial charge in [-0.2, -0.15) is 4.37 Å². The van der Waals surface area contributed by atoms with Crippen molar-refractivity contribution < 1.29 is 0 Å². The number of hydrogen-bond acceptors (Lipinski definition) is 5. The van der Waals surface area contributed by atoms with Crippen LogP contribution in [0.15, 0.2) is 152 Å². The van der Waals surface area contributed by atoms with Crippen LogP contribution in [0.2, 0.25) is 0 Å². The van der Waals surface area contributed by atoms with E-state index in [1.54, 1.807) is 0 Å². The van der Waals surface area contributed by atoms with Crippen molar-refractivity contribution in [3.8, 4) is 39.0 Å². The van der Waals surface area contributed by atoms with Gasteiger partial charge in [0.2, 0.25) is 0 Å². The van der Waals surface area contributed by atoms with E-state index >= 15 is 0 Å². The van der Waals surface area contributed by atoms with E-state index in [-0.39, 0.29) is 0 Å². The Labute approximate surface area is 279 Å². The number of para-hydroxylation sites is 1. The first-order chi connectivity index (χ1) is 23.8. The first-order valence-corrected chi connectivity index (χ1v) is 16.7. The molecule has 0 fully saturated rings. The molecule has 0 aliphatic rings. The summed E-state index contributed by atoms with van der Waals surface area (Å²) in [6, 6.07) is 49.0. The smallest absolute Gasteiger partial charge is 0.173 e. The molecule has 224 valence electrons. The fourth-order valence-corrected chi connectivity index (χ4v) is 7.74. The van der Waals surface area contributed by atoms with Crippen molar-refractivity contribution in [2.24, 2.45) is 0 Å². The number of nitrogens with zero attached hydrogens (tertiary/aromatic N) is 5. The van der Waals surface area contributed by atoms with Gasteiger partial charge in [0, 0.05) is 27.5 Å². The number of hydrogen-bond donors (Lipinski definition) is 0. The highest BCUT2D eigenvalue weighted by Gasteiger charge is 2.17. The summed E-state index contributed by atoms with van der Waals surface area (Å²) in [7, 11) is 0. The van der Waals surface area contributed by atoms with Gasteiger partial charge in [-0.15, -0.1) is 0 Å². The summed E-state index contributed by atoms with van der Waals surface area (Å²) in [5, 5.41) is 10.8. The van der Waals surface area contributed by atoms with E-state index in [9.17, 15) is 0 Å². The number of benzene rings is 7. The highest BCUT2D eigenvalue weighted by molar-refractivity contribution is 7.09. The molecule has 7 aromatic carbocycles. The van der Waals surface area contributed by atoms with E-state index in [2.05, 4.69) is 114 Å². The van der Waals surface area contributed by atoms with Crippen molar-refractivity contribution in [3.63, 3.8) is 0 Å². The fourth-order valence-electron chi connectivity index (χ4n) is 7.06. The summed E-state index contributed by atoms with van der Waals surface area (Å²) in [6.07, 6.45) is 3.80. The molecular weight excluding hydrogens is 607 g/mol. The van der Waals surface area contributed by atoms with Crippen LogP contribution in [0.25, 0.3) is 93.2 Å². The van der Waals surface area contributed by atoms with Gasteiger partial charge in [0.05, 0.1) is 29.1 Å². The largest absolute Gasteiger partial charge is 0.306 e. The molecule has 0 unspecified atom stereocenters. The van der Waals surface area contributed by atoms with Crippen LogP contribution in [0.4, 0.5) is 0 Å². The number of aromatic nitrogens is 5. The van der Waals surface area contributed by atoms with Crippen molar-refractivity contribution in [1.29, 1.82) is 0 Å². The maximum atomic E-state index is 5.08. The third-order valence-corrected chi connectivity index (χ3v) is 10.0. The van der Waals surface area contributed by atoms with Gasteiger partial charge < -0.3 is 4.57 Å². The maximum Gasteiger partial charge on any atom is 0.173 e.